The predicted octanol–water partition coefficient (Wildman–Crippen LogP) is 4.16. The van der Waals surface area contributed by atoms with Crippen LogP contribution in [0.3, 0.4) is 0 Å². The second kappa shape index (κ2) is 4.70. The van der Waals surface area contributed by atoms with Crippen LogP contribution in [0, 0.1) is 0 Å². The van der Waals surface area contributed by atoms with Crippen LogP contribution in [0.25, 0.3) is 16.2 Å². The second-order valence-corrected chi connectivity index (χ2v) is 5.71. The lowest BCUT2D eigenvalue weighted by atomic mass is 9.97. The van der Waals surface area contributed by atoms with Crippen molar-refractivity contribution >= 4 is 22.1 Å². The minimum atomic E-state index is 0.607. The maximum absolute atomic E-state index is 5.88. The monoisotopic (exact) mass is 271 g/mol. The molecule has 4 heteroatoms. The largest absolute Gasteiger partial charge is 0.384 e. The molecule has 1 aromatic carbocycles. The first-order chi connectivity index (χ1) is 9.19. The Morgan fingerprint density at radius 3 is 2.68 bits per heavy atom. The lowest BCUT2D eigenvalue weighted by Crippen LogP contribution is -1.90. The smallest absolute Gasteiger partial charge is 0.195 e. The van der Waals surface area contributed by atoms with Crippen molar-refractivity contribution in [2.45, 2.75) is 26.2 Å². The number of nitrogen functional groups attached to an aromatic ring is 1. The van der Waals surface area contributed by atoms with Crippen LogP contribution >= 0.6 is 11.3 Å². The molecule has 1 unspecified atom stereocenters. The zero-order valence-electron chi connectivity index (χ0n) is 11.1. The van der Waals surface area contributed by atoms with Crippen molar-refractivity contribution in [1.29, 1.82) is 0 Å². The van der Waals surface area contributed by atoms with Crippen LogP contribution in [0.4, 0.5) is 5.82 Å². The van der Waals surface area contributed by atoms with Crippen LogP contribution in [0.1, 0.15) is 31.7 Å². The lowest BCUT2D eigenvalue weighted by Gasteiger charge is -2.08. The topological polar surface area (TPSA) is 43.3 Å². The fourth-order valence-corrected chi connectivity index (χ4v) is 2.92. The highest BCUT2D eigenvalue weighted by molar-refractivity contribution is 7.15. The van der Waals surface area contributed by atoms with Gasteiger partial charge in [0.1, 0.15) is 5.82 Å². The number of fused-ring (bicyclic) bond motifs is 1. The second-order valence-electron chi connectivity index (χ2n) is 4.87. The van der Waals surface area contributed by atoms with Gasteiger partial charge in [0.15, 0.2) is 4.96 Å². The van der Waals surface area contributed by atoms with Crippen LogP contribution in [0.15, 0.2) is 35.8 Å². The van der Waals surface area contributed by atoms with Gasteiger partial charge in [-0.3, -0.25) is 4.40 Å². The van der Waals surface area contributed by atoms with E-state index in [1.165, 1.54) is 5.56 Å². The highest BCUT2D eigenvalue weighted by Gasteiger charge is 2.08. The molecule has 0 saturated carbocycles. The molecule has 0 aliphatic rings. The first-order valence-electron chi connectivity index (χ1n) is 6.51. The quantitative estimate of drug-likeness (QED) is 0.777. The van der Waals surface area contributed by atoms with Gasteiger partial charge in [-0.15, -0.1) is 11.3 Å². The molecule has 0 spiro atoms. The number of anilines is 1. The molecule has 2 aromatic heterocycles. The maximum atomic E-state index is 5.88. The van der Waals surface area contributed by atoms with Gasteiger partial charge in [-0.05, 0) is 17.9 Å². The van der Waals surface area contributed by atoms with Gasteiger partial charge in [-0.1, -0.05) is 38.1 Å². The zero-order chi connectivity index (χ0) is 13.4. The van der Waals surface area contributed by atoms with Crippen LogP contribution in [0.2, 0.25) is 0 Å². The van der Waals surface area contributed by atoms with Gasteiger partial charge in [-0.2, -0.15) is 0 Å². The van der Waals surface area contributed by atoms with E-state index in [-0.39, 0.29) is 0 Å². The summed E-state index contributed by atoms with van der Waals surface area (Å²) < 4.78 is 1.93. The van der Waals surface area contributed by atoms with Crippen molar-refractivity contribution in [3.63, 3.8) is 0 Å². The summed E-state index contributed by atoms with van der Waals surface area (Å²) in [6.07, 6.45) is 3.16. The molecule has 0 fully saturated rings. The van der Waals surface area contributed by atoms with E-state index < -0.39 is 0 Å². The third-order valence-corrected chi connectivity index (χ3v) is 4.48. The van der Waals surface area contributed by atoms with Crippen LogP contribution in [-0.2, 0) is 0 Å². The Labute approximate surface area is 116 Å². The number of hydrogen-bond donors (Lipinski definition) is 1. The molecule has 3 aromatic rings. The average molecular weight is 271 g/mol. The molecule has 3 nitrogen and oxygen atoms in total. The molecule has 2 heterocycles. The molecule has 2 N–H and O–H groups in total. The number of nitrogens with two attached hydrogens (primary N) is 1. The SMILES string of the molecule is CCC(C)c1ccc(-c2cn3c(N)csc3n2)cc1. The number of aromatic nitrogens is 2. The molecule has 3 rings (SSSR count). The minimum Gasteiger partial charge on any atom is -0.384 e. The van der Waals surface area contributed by atoms with Gasteiger partial charge in [0, 0.05) is 17.1 Å². The number of imidazole rings is 1. The molecule has 98 valence electrons. The number of thiazole rings is 1. The molecular weight excluding hydrogens is 254 g/mol. The first-order valence-corrected chi connectivity index (χ1v) is 7.39. The number of benzene rings is 1. The fraction of sp³-hybridized carbons (Fsp3) is 0.267. The summed E-state index contributed by atoms with van der Waals surface area (Å²) in [7, 11) is 0. The fourth-order valence-electron chi connectivity index (χ4n) is 2.16. The highest BCUT2D eigenvalue weighted by Crippen LogP contribution is 2.26. The Morgan fingerprint density at radius 1 is 1.32 bits per heavy atom. The van der Waals surface area contributed by atoms with Crippen molar-refractivity contribution in [3.8, 4) is 11.3 Å². The Balaban J connectivity index is 1.97. The molecule has 0 radical (unpaired) electrons. The molecule has 0 bridgehead atoms. The molecular formula is C15H17N3S. The average Bonchev–Trinajstić information content (AvgIpc) is 3.01. The highest BCUT2D eigenvalue weighted by atomic mass is 32.1. The summed E-state index contributed by atoms with van der Waals surface area (Å²) in [4.78, 5) is 5.54. The predicted molar refractivity (Wildman–Crippen MR) is 81.6 cm³/mol. The van der Waals surface area contributed by atoms with Gasteiger partial charge in [0.05, 0.1) is 5.69 Å². The number of rotatable bonds is 3. The van der Waals surface area contributed by atoms with Crippen molar-refractivity contribution in [3.05, 3.63) is 41.4 Å². The number of hydrogen-bond acceptors (Lipinski definition) is 3. The summed E-state index contributed by atoms with van der Waals surface area (Å²) in [5, 5.41) is 1.91. The summed E-state index contributed by atoms with van der Waals surface area (Å²) in [6, 6.07) is 8.68. The lowest BCUT2D eigenvalue weighted by molar-refractivity contribution is 0.734. The molecule has 19 heavy (non-hydrogen) atoms. The standard InChI is InChI=1S/C15H17N3S/c1-3-10(2)11-4-6-12(7-5-11)13-8-18-14(16)9-19-15(18)17-13/h4-10H,3,16H2,1-2H3. The van der Waals surface area contributed by atoms with Crippen LogP contribution < -0.4 is 5.73 Å². The summed E-state index contributed by atoms with van der Waals surface area (Å²) in [6.45, 7) is 4.47. The Hall–Kier alpha value is -1.81. The first kappa shape index (κ1) is 12.2. The van der Waals surface area contributed by atoms with Gasteiger partial charge >= 0.3 is 0 Å². The van der Waals surface area contributed by atoms with Crippen molar-refractivity contribution in [2.75, 3.05) is 5.73 Å². The third kappa shape index (κ3) is 2.12. The normalized spacial score (nSPS) is 12.9. The molecule has 1 atom stereocenters. The zero-order valence-corrected chi connectivity index (χ0v) is 11.9. The van der Waals surface area contributed by atoms with E-state index in [0.29, 0.717) is 5.92 Å². The van der Waals surface area contributed by atoms with Crippen molar-refractivity contribution in [1.82, 2.24) is 9.38 Å². The number of nitrogens with zero attached hydrogens (tertiary/aromatic N) is 2. The third-order valence-electron chi connectivity index (χ3n) is 3.62. The Bertz CT molecular complexity index is 694. The van der Waals surface area contributed by atoms with Gasteiger partial charge < -0.3 is 5.73 Å². The van der Waals surface area contributed by atoms with E-state index in [9.17, 15) is 0 Å². The summed E-state index contributed by atoms with van der Waals surface area (Å²) in [5.74, 6) is 1.35. The van der Waals surface area contributed by atoms with E-state index in [0.717, 1.165) is 28.5 Å². The van der Waals surface area contributed by atoms with Crippen LogP contribution in [0.5, 0.6) is 0 Å². The summed E-state index contributed by atoms with van der Waals surface area (Å²) >= 11 is 1.57. The van der Waals surface area contributed by atoms with E-state index >= 15 is 0 Å². The van der Waals surface area contributed by atoms with E-state index in [1.54, 1.807) is 11.3 Å². The molecule has 0 saturated heterocycles. The van der Waals surface area contributed by atoms with Crippen molar-refractivity contribution < 1.29 is 0 Å². The van der Waals surface area contributed by atoms with E-state index in [4.69, 9.17) is 5.73 Å². The van der Waals surface area contributed by atoms with Gasteiger partial charge in [-0.25, -0.2) is 4.98 Å². The van der Waals surface area contributed by atoms with Gasteiger partial charge in [0.25, 0.3) is 0 Å². The molecule has 0 amide bonds. The molecule has 0 aliphatic carbocycles. The Morgan fingerprint density at radius 2 is 2.05 bits per heavy atom. The molecule has 0 aliphatic heterocycles. The maximum Gasteiger partial charge on any atom is 0.195 e. The minimum absolute atomic E-state index is 0.607. The van der Waals surface area contributed by atoms with E-state index in [1.807, 2.05) is 16.0 Å². The van der Waals surface area contributed by atoms with Gasteiger partial charge in [0.2, 0.25) is 0 Å². The summed E-state index contributed by atoms with van der Waals surface area (Å²) in [5.41, 5.74) is 9.39. The van der Waals surface area contributed by atoms with Crippen molar-refractivity contribution in [2.24, 2.45) is 0 Å². The Kier molecular flexibility index (Phi) is 3.03. The van der Waals surface area contributed by atoms with Crippen LogP contribution in [-0.4, -0.2) is 9.38 Å². The van der Waals surface area contributed by atoms with E-state index in [2.05, 4.69) is 43.1 Å².